The number of nitrogens with one attached hydrogen (secondary N) is 2. The van der Waals surface area contributed by atoms with Crippen LogP contribution in [0.2, 0.25) is 5.02 Å². The molecule has 0 amide bonds. The molecule has 22 heavy (non-hydrogen) atoms. The largest absolute Gasteiger partial charge is 0.383 e. The fraction of sp³-hybridized carbons (Fsp3) is 0.231. The minimum atomic E-state index is -3.80. The summed E-state index contributed by atoms with van der Waals surface area (Å²) in [4.78, 5) is -0.0132. The number of benzene rings is 1. The summed E-state index contributed by atoms with van der Waals surface area (Å²) in [6.07, 6.45) is 0. The molecule has 0 aliphatic carbocycles. The van der Waals surface area contributed by atoms with E-state index in [1.165, 1.54) is 18.2 Å². The summed E-state index contributed by atoms with van der Waals surface area (Å²) >= 11 is 5.89. The van der Waals surface area contributed by atoms with Gasteiger partial charge in [0.2, 0.25) is 0 Å². The van der Waals surface area contributed by atoms with Crippen LogP contribution in [0.1, 0.15) is 0 Å². The van der Waals surface area contributed by atoms with Crippen LogP contribution in [0.25, 0.3) is 0 Å². The molecule has 1 aromatic carbocycles. The molecule has 0 radical (unpaired) electrons. The van der Waals surface area contributed by atoms with Gasteiger partial charge < -0.3 is 10.1 Å². The quantitative estimate of drug-likeness (QED) is 0.747. The molecule has 0 fully saturated rings. The molecule has 0 saturated carbocycles. The molecule has 2 aromatic rings. The number of nitrogens with zero attached hydrogens (tertiary/aromatic N) is 2. The third kappa shape index (κ3) is 4.30. The van der Waals surface area contributed by atoms with Gasteiger partial charge in [0.25, 0.3) is 10.0 Å². The first-order valence-electron chi connectivity index (χ1n) is 6.37. The number of hydrogen-bond acceptors (Lipinski definition) is 6. The van der Waals surface area contributed by atoms with Gasteiger partial charge in [-0.15, -0.1) is 10.2 Å². The third-order valence-corrected chi connectivity index (χ3v) is 4.50. The summed E-state index contributed by atoms with van der Waals surface area (Å²) in [5.74, 6) is 0.634. The predicted molar refractivity (Wildman–Crippen MR) is 84.7 cm³/mol. The van der Waals surface area contributed by atoms with Crippen molar-refractivity contribution in [3.05, 3.63) is 41.4 Å². The highest BCUT2D eigenvalue weighted by Gasteiger charge is 2.18. The fourth-order valence-corrected chi connectivity index (χ4v) is 3.13. The fourth-order valence-electron chi connectivity index (χ4n) is 1.62. The van der Waals surface area contributed by atoms with Crippen LogP contribution in [0.15, 0.2) is 41.3 Å². The second-order valence-electron chi connectivity index (χ2n) is 4.26. The molecule has 0 aliphatic heterocycles. The van der Waals surface area contributed by atoms with Crippen LogP contribution in [-0.2, 0) is 14.8 Å². The molecule has 0 saturated heterocycles. The highest BCUT2D eigenvalue weighted by Crippen LogP contribution is 2.22. The SMILES string of the molecule is COCCNc1ccc(NS(=O)(=O)c2ccccc2Cl)nn1. The molecule has 2 rings (SSSR count). The number of methoxy groups -OCH3 is 1. The van der Waals surface area contributed by atoms with Crippen LogP contribution in [0.5, 0.6) is 0 Å². The van der Waals surface area contributed by atoms with Crippen molar-refractivity contribution in [1.82, 2.24) is 10.2 Å². The lowest BCUT2D eigenvalue weighted by atomic mass is 10.4. The Bertz CT molecular complexity index is 722. The van der Waals surface area contributed by atoms with E-state index >= 15 is 0 Å². The Kier molecular flexibility index (Phi) is 5.53. The van der Waals surface area contributed by atoms with Gasteiger partial charge in [-0.3, -0.25) is 4.72 Å². The van der Waals surface area contributed by atoms with Crippen LogP contribution in [0.3, 0.4) is 0 Å². The number of halogens is 1. The molecule has 9 heteroatoms. The lowest BCUT2D eigenvalue weighted by molar-refractivity contribution is 0.210. The van der Waals surface area contributed by atoms with Crippen molar-refractivity contribution in [2.45, 2.75) is 4.90 Å². The van der Waals surface area contributed by atoms with E-state index in [0.29, 0.717) is 19.0 Å². The lowest BCUT2D eigenvalue weighted by Gasteiger charge is -2.09. The Morgan fingerprint density at radius 1 is 1.14 bits per heavy atom. The van der Waals surface area contributed by atoms with Crippen LogP contribution >= 0.6 is 11.6 Å². The highest BCUT2D eigenvalue weighted by atomic mass is 35.5. The second-order valence-corrected chi connectivity index (χ2v) is 6.32. The van der Waals surface area contributed by atoms with Gasteiger partial charge in [-0.1, -0.05) is 23.7 Å². The first-order chi connectivity index (χ1) is 10.5. The maximum atomic E-state index is 12.2. The first-order valence-corrected chi connectivity index (χ1v) is 8.23. The van der Waals surface area contributed by atoms with E-state index in [0.717, 1.165) is 0 Å². The number of anilines is 2. The molecule has 1 heterocycles. The number of ether oxygens (including phenoxy) is 1. The smallest absolute Gasteiger partial charge is 0.264 e. The minimum Gasteiger partial charge on any atom is -0.383 e. The number of hydrogen-bond donors (Lipinski definition) is 2. The van der Waals surface area contributed by atoms with Crippen LogP contribution in [0, 0.1) is 0 Å². The van der Waals surface area contributed by atoms with Crippen molar-refractivity contribution in [2.24, 2.45) is 0 Å². The minimum absolute atomic E-state index is 0.0132. The van der Waals surface area contributed by atoms with Gasteiger partial charge in [0.15, 0.2) is 5.82 Å². The van der Waals surface area contributed by atoms with Gasteiger partial charge in [-0.05, 0) is 24.3 Å². The van der Waals surface area contributed by atoms with Gasteiger partial charge >= 0.3 is 0 Å². The summed E-state index contributed by atoms with van der Waals surface area (Å²) in [5.41, 5.74) is 0. The number of sulfonamides is 1. The van der Waals surface area contributed by atoms with E-state index in [2.05, 4.69) is 20.2 Å². The van der Waals surface area contributed by atoms with Gasteiger partial charge in [0, 0.05) is 13.7 Å². The number of aromatic nitrogens is 2. The maximum absolute atomic E-state index is 12.2. The molecule has 7 nitrogen and oxygen atoms in total. The normalized spacial score (nSPS) is 11.2. The molecule has 1 aromatic heterocycles. The summed E-state index contributed by atoms with van der Waals surface area (Å²) in [6, 6.07) is 9.30. The van der Waals surface area contributed by atoms with E-state index in [1.54, 1.807) is 25.3 Å². The van der Waals surface area contributed by atoms with E-state index in [1.807, 2.05) is 0 Å². The van der Waals surface area contributed by atoms with Crippen molar-refractivity contribution in [2.75, 3.05) is 30.3 Å². The van der Waals surface area contributed by atoms with Crippen molar-refractivity contribution < 1.29 is 13.2 Å². The Balaban J connectivity index is 2.09. The van der Waals surface area contributed by atoms with E-state index < -0.39 is 10.0 Å². The van der Waals surface area contributed by atoms with Crippen molar-refractivity contribution in [1.29, 1.82) is 0 Å². The van der Waals surface area contributed by atoms with Crippen molar-refractivity contribution in [3.8, 4) is 0 Å². The molecule has 0 unspecified atom stereocenters. The number of rotatable bonds is 7. The molecule has 118 valence electrons. The average Bonchev–Trinajstić information content (AvgIpc) is 2.49. The molecule has 0 aliphatic rings. The van der Waals surface area contributed by atoms with Crippen LogP contribution in [-0.4, -0.2) is 38.9 Å². The molecule has 0 atom stereocenters. The second kappa shape index (κ2) is 7.39. The van der Waals surface area contributed by atoms with Crippen LogP contribution < -0.4 is 10.0 Å². The molecule has 0 bridgehead atoms. The van der Waals surface area contributed by atoms with E-state index in [9.17, 15) is 8.42 Å². The highest BCUT2D eigenvalue weighted by molar-refractivity contribution is 7.92. The monoisotopic (exact) mass is 342 g/mol. The van der Waals surface area contributed by atoms with Gasteiger partial charge in [-0.2, -0.15) is 0 Å². The van der Waals surface area contributed by atoms with Gasteiger partial charge in [-0.25, -0.2) is 8.42 Å². The average molecular weight is 343 g/mol. The van der Waals surface area contributed by atoms with Gasteiger partial charge in [0.1, 0.15) is 10.7 Å². The zero-order chi connectivity index (χ0) is 16.0. The Hall–Kier alpha value is -1.90. The summed E-state index contributed by atoms with van der Waals surface area (Å²) < 4.78 is 31.7. The molecule has 2 N–H and O–H groups in total. The summed E-state index contributed by atoms with van der Waals surface area (Å²) in [5, 5.41) is 10.8. The van der Waals surface area contributed by atoms with Crippen molar-refractivity contribution >= 4 is 33.3 Å². The summed E-state index contributed by atoms with van der Waals surface area (Å²) in [7, 11) is -2.21. The summed E-state index contributed by atoms with van der Waals surface area (Å²) in [6.45, 7) is 1.11. The third-order valence-electron chi connectivity index (χ3n) is 2.64. The molecular formula is C13H15ClN4O3S. The molecule has 0 spiro atoms. The Morgan fingerprint density at radius 3 is 2.45 bits per heavy atom. The lowest BCUT2D eigenvalue weighted by Crippen LogP contribution is -2.15. The topological polar surface area (TPSA) is 93.2 Å². The standard InChI is InChI=1S/C13H15ClN4O3S/c1-21-9-8-15-12-6-7-13(17-16-12)18-22(19,20)11-5-3-2-4-10(11)14/h2-7H,8-9H2,1H3,(H,15,16)(H,17,18). The maximum Gasteiger partial charge on any atom is 0.264 e. The van der Waals surface area contributed by atoms with Crippen LogP contribution in [0.4, 0.5) is 11.6 Å². The van der Waals surface area contributed by atoms with E-state index in [4.69, 9.17) is 16.3 Å². The van der Waals surface area contributed by atoms with Crippen molar-refractivity contribution in [3.63, 3.8) is 0 Å². The van der Waals surface area contributed by atoms with E-state index in [-0.39, 0.29) is 15.7 Å². The predicted octanol–water partition coefficient (Wildman–Crippen LogP) is 1.99. The Labute approximate surface area is 133 Å². The van der Waals surface area contributed by atoms with Gasteiger partial charge in [0.05, 0.1) is 11.6 Å². The Morgan fingerprint density at radius 2 is 1.82 bits per heavy atom. The zero-order valence-electron chi connectivity index (χ0n) is 11.8. The zero-order valence-corrected chi connectivity index (χ0v) is 13.4. The molecular weight excluding hydrogens is 328 g/mol. The first kappa shape index (κ1) is 16.5.